The van der Waals surface area contributed by atoms with E-state index in [-0.39, 0.29) is 17.9 Å². The second kappa shape index (κ2) is 7.94. The van der Waals surface area contributed by atoms with Gasteiger partial charge in [-0.25, -0.2) is 4.98 Å². The summed E-state index contributed by atoms with van der Waals surface area (Å²) in [6, 6.07) is 8.71. The molecule has 2 N–H and O–H groups in total. The zero-order valence-corrected chi connectivity index (χ0v) is 14.3. The number of rotatable bonds is 7. The van der Waals surface area contributed by atoms with Crippen LogP contribution in [0.5, 0.6) is 0 Å². The van der Waals surface area contributed by atoms with Gasteiger partial charge in [0.25, 0.3) is 0 Å². The van der Waals surface area contributed by atoms with E-state index in [1.54, 1.807) is 23.1 Å². The minimum absolute atomic E-state index is 0.195. The van der Waals surface area contributed by atoms with E-state index < -0.39 is 0 Å². The predicted octanol–water partition coefficient (Wildman–Crippen LogP) is 3.32. The third-order valence-corrected chi connectivity index (χ3v) is 5.60. The summed E-state index contributed by atoms with van der Waals surface area (Å²) in [4.78, 5) is 4.68. The fourth-order valence-corrected chi connectivity index (χ4v) is 3.53. The smallest absolute Gasteiger partial charge is 0.123 e. The first-order valence-corrected chi connectivity index (χ1v) is 9.19. The van der Waals surface area contributed by atoms with Crippen molar-refractivity contribution < 1.29 is 5.11 Å². The lowest BCUT2D eigenvalue weighted by molar-refractivity contribution is 0.275. The fourth-order valence-electron chi connectivity index (χ4n) is 2.05. The van der Waals surface area contributed by atoms with Crippen LogP contribution in [0.25, 0.3) is 10.6 Å². The molecule has 0 aliphatic heterocycles. The Balaban J connectivity index is 1.96. The highest BCUT2D eigenvalue weighted by Crippen LogP contribution is 2.24. The molecule has 1 aromatic heterocycles. The fraction of sp³-hybridized carbons (Fsp3) is 0.438. The average Bonchev–Trinajstić information content (AvgIpc) is 2.96. The highest BCUT2D eigenvalue weighted by Gasteiger charge is 2.15. The number of aliphatic hydroxyl groups is 1. The molecule has 0 fully saturated rings. The van der Waals surface area contributed by atoms with Crippen LogP contribution in [0, 0.1) is 6.92 Å². The molecule has 0 amide bonds. The number of thioether (sulfide) groups is 1. The van der Waals surface area contributed by atoms with Gasteiger partial charge >= 0.3 is 0 Å². The molecule has 2 unspecified atom stereocenters. The summed E-state index contributed by atoms with van der Waals surface area (Å²) in [6.07, 6.45) is 2.03. The second-order valence-corrected chi connectivity index (χ2v) is 7.07. The SMILES string of the molecule is CSC(CO)C(C)NCc1csc(-c2ccc(C)cc2)n1. The molecule has 0 saturated heterocycles. The number of nitrogens with one attached hydrogen (secondary N) is 1. The minimum Gasteiger partial charge on any atom is -0.395 e. The largest absolute Gasteiger partial charge is 0.395 e. The topological polar surface area (TPSA) is 45.1 Å². The second-order valence-electron chi connectivity index (χ2n) is 5.14. The van der Waals surface area contributed by atoms with Crippen LogP contribution in [0.3, 0.4) is 0 Å². The summed E-state index contributed by atoms with van der Waals surface area (Å²) in [5.41, 5.74) is 3.49. The van der Waals surface area contributed by atoms with E-state index >= 15 is 0 Å². The lowest BCUT2D eigenvalue weighted by Crippen LogP contribution is -2.37. The maximum absolute atomic E-state index is 9.29. The highest BCUT2D eigenvalue weighted by molar-refractivity contribution is 7.99. The van der Waals surface area contributed by atoms with E-state index in [0.717, 1.165) is 17.2 Å². The van der Waals surface area contributed by atoms with Crippen LogP contribution >= 0.6 is 23.1 Å². The first-order valence-electron chi connectivity index (χ1n) is 7.02. The van der Waals surface area contributed by atoms with Crippen molar-refractivity contribution >= 4 is 23.1 Å². The van der Waals surface area contributed by atoms with E-state index in [1.165, 1.54) is 11.1 Å². The third-order valence-electron chi connectivity index (χ3n) is 3.50. The van der Waals surface area contributed by atoms with Crippen LogP contribution in [0.4, 0.5) is 0 Å². The zero-order valence-electron chi connectivity index (χ0n) is 12.7. The first-order chi connectivity index (χ1) is 10.1. The number of hydrogen-bond acceptors (Lipinski definition) is 5. The van der Waals surface area contributed by atoms with Gasteiger partial charge in [0.2, 0.25) is 0 Å². The molecule has 1 heterocycles. The van der Waals surface area contributed by atoms with E-state index in [9.17, 15) is 5.11 Å². The Morgan fingerprint density at radius 1 is 1.33 bits per heavy atom. The molecule has 3 nitrogen and oxygen atoms in total. The maximum Gasteiger partial charge on any atom is 0.123 e. The van der Waals surface area contributed by atoms with Crippen molar-refractivity contribution in [2.24, 2.45) is 0 Å². The van der Waals surface area contributed by atoms with Crippen molar-refractivity contribution in [1.82, 2.24) is 10.3 Å². The quantitative estimate of drug-likeness (QED) is 0.821. The van der Waals surface area contributed by atoms with Crippen LogP contribution in [-0.4, -0.2) is 34.2 Å². The van der Waals surface area contributed by atoms with Crippen molar-refractivity contribution in [3.05, 3.63) is 40.9 Å². The molecule has 0 radical (unpaired) electrons. The van der Waals surface area contributed by atoms with E-state index in [0.29, 0.717) is 0 Å². The van der Waals surface area contributed by atoms with Gasteiger partial charge in [0.05, 0.1) is 12.3 Å². The maximum atomic E-state index is 9.29. The number of aromatic nitrogens is 1. The predicted molar refractivity (Wildman–Crippen MR) is 93.0 cm³/mol. The van der Waals surface area contributed by atoms with Crippen molar-refractivity contribution in [3.63, 3.8) is 0 Å². The van der Waals surface area contributed by atoms with Crippen LogP contribution in [0.15, 0.2) is 29.6 Å². The van der Waals surface area contributed by atoms with Gasteiger partial charge < -0.3 is 10.4 Å². The van der Waals surface area contributed by atoms with Crippen LogP contribution < -0.4 is 5.32 Å². The van der Waals surface area contributed by atoms with Crippen LogP contribution in [0.1, 0.15) is 18.2 Å². The Labute approximate surface area is 134 Å². The number of hydrogen-bond donors (Lipinski definition) is 2. The molecular formula is C16H22N2OS2. The lowest BCUT2D eigenvalue weighted by Gasteiger charge is -2.20. The molecule has 5 heteroatoms. The monoisotopic (exact) mass is 322 g/mol. The van der Waals surface area contributed by atoms with Gasteiger partial charge in [0.1, 0.15) is 5.01 Å². The van der Waals surface area contributed by atoms with E-state index in [4.69, 9.17) is 0 Å². The normalized spacial score (nSPS) is 14.1. The summed E-state index contributed by atoms with van der Waals surface area (Å²) in [5, 5.41) is 16.1. The summed E-state index contributed by atoms with van der Waals surface area (Å²) in [5.74, 6) is 0. The van der Waals surface area contributed by atoms with Crippen molar-refractivity contribution in [3.8, 4) is 10.6 Å². The molecule has 0 saturated carbocycles. The lowest BCUT2D eigenvalue weighted by atomic mass is 10.2. The van der Waals surface area contributed by atoms with Crippen molar-refractivity contribution in [2.75, 3.05) is 12.9 Å². The van der Waals surface area contributed by atoms with Gasteiger partial charge in [0, 0.05) is 28.8 Å². The van der Waals surface area contributed by atoms with Crippen molar-refractivity contribution in [1.29, 1.82) is 0 Å². The average molecular weight is 322 g/mol. The Bertz CT molecular complexity index is 550. The summed E-state index contributed by atoms with van der Waals surface area (Å²) >= 11 is 3.36. The number of thiazole rings is 1. The van der Waals surface area contributed by atoms with Gasteiger partial charge in [-0.2, -0.15) is 11.8 Å². The molecule has 0 aliphatic rings. The van der Waals surface area contributed by atoms with Gasteiger partial charge in [-0.15, -0.1) is 11.3 Å². The highest BCUT2D eigenvalue weighted by atomic mass is 32.2. The Kier molecular flexibility index (Phi) is 6.23. The number of benzene rings is 1. The molecule has 2 rings (SSSR count). The molecule has 0 bridgehead atoms. The standard InChI is InChI=1S/C16H22N2OS2/c1-11-4-6-13(7-5-11)16-18-14(10-21-16)8-17-12(2)15(9-19)20-3/h4-7,10,12,15,17,19H,8-9H2,1-3H3. The molecule has 1 aromatic carbocycles. The van der Waals surface area contributed by atoms with Gasteiger partial charge in [-0.3, -0.25) is 0 Å². The summed E-state index contributed by atoms with van der Waals surface area (Å²) in [7, 11) is 0. The molecule has 21 heavy (non-hydrogen) atoms. The van der Waals surface area contributed by atoms with Crippen molar-refractivity contribution in [2.45, 2.75) is 31.7 Å². The first kappa shape index (κ1) is 16.5. The van der Waals surface area contributed by atoms with Gasteiger partial charge in [-0.1, -0.05) is 29.8 Å². The van der Waals surface area contributed by atoms with Gasteiger partial charge in [-0.05, 0) is 20.1 Å². The third kappa shape index (κ3) is 4.54. The molecule has 2 aromatic rings. The Hall–Kier alpha value is -0.880. The van der Waals surface area contributed by atoms with E-state index in [2.05, 4.69) is 53.8 Å². The number of nitrogens with zero attached hydrogens (tertiary/aromatic N) is 1. The van der Waals surface area contributed by atoms with Gasteiger partial charge in [0.15, 0.2) is 0 Å². The molecule has 0 spiro atoms. The Morgan fingerprint density at radius 2 is 2.05 bits per heavy atom. The van der Waals surface area contributed by atoms with Crippen LogP contribution in [0.2, 0.25) is 0 Å². The van der Waals surface area contributed by atoms with Crippen LogP contribution in [-0.2, 0) is 6.54 Å². The summed E-state index contributed by atoms with van der Waals surface area (Å²) in [6.45, 7) is 5.12. The molecule has 0 aliphatic carbocycles. The minimum atomic E-state index is 0.195. The number of aryl methyl sites for hydroxylation is 1. The zero-order chi connectivity index (χ0) is 15.2. The summed E-state index contributed by atoms with van der Waals surface area (Å²) < 4.78 is 0. The van der Waals surface area contributed by atoms with E-state index in [1.807, 2.05) is 6.26 Å². The number of aliphatic hydroxyl groups excluding tert-OH is 1. The molecular weight excluding hydrogens is 300 g/mol. The molecule has 2 atom stereocenters. The Morgan fingerprint density at radius 3 is 2.67 bits per heavy atom. The molecule has 114 valence electrons.